The summed E-state index contributed by atoms with van der Waals surface area (Å²) in [6, 6.07) is 11.9. The standard InChI is InChI=1S/C16H20N2O2/c1-2-13-5-7-14(8-6-13)17-10-9-16(19)18-12-15-4-3-11-20-15/h3-8,11,17H,2,9-10,12H2,1H3,(H,18,19). The quantitative estimate of drug-likeness (QED) is 0.814. The van der Waals surface area contributed by atoms with Gasteiger partial charge in [0.25, 0.3) is 0 Å². The molecule has 2 N–H and O–H groups in total. The van der Waals surface area contributed by atoms with Crippen LogP contribution in [0.5, 0.6) is 0 Å². The molecule has 0 aliphatic carbocycles. The molecular formula is C16H20N2O2. The number of hydrogen-bond acceptors (Lipinski definition) is 3. The summed E-state index contributed by atoms with van der Waals surface area (Å²) in [6.07, 6.45) is 3.08. The Hall–Kier alpha value is -2.23. The number of hydrogen-bond donors (Lipinski definition) is 2. The topological polar surface area (TPSA) is 54.3 Å². The summed E-state index contributed by atoms with van der Waals surface area (Å²) in [5.74, 6) is 0.778. The molecule has 106 valence electrons. The van der Waals surface area contributed by atoms with Gasteiger partial charge in [-0.3, -0.25) is 4.79 Å². The van der Waals surface area contributed by atoms with Crippen molar-refractivity contribution in [2.24, 2.45) is 0 Å². The molecule has 2 rings (SSSR count). The number of furan rings is 1. The number of anilines is 1. The van der Waals surface area contributed by atoms with E-state index in [1.54, 1.807) is 6.26 Å². The highest BCUT2D eigenvalue weighted by atomic mass is 16.3. The summed E-state index contributed by atoms with van der Waals surface area (Å²) in [7, 11) is 0. The molecule has 4 nitrogen and oxygen atoms in total. The molecule has 0 aliphatic heterocycles. The number of nitrogens with one attached hydrogen (secondary N) is 2. The lowest BCUT2D eigenvalue weighted by atomic mass is 10.1. The minimum atomic E-state index is 0.0130. The summed E-state index contributed by atoms with van der Waals surface area (Å²) in [5, 5.41) is 6.05. The number of rotatable bonds is 7. The maximum atomic E-state index is 11.6. The molecule has 0 atom stereocenters. The van der Waals surface area contributed by atoms with E-state index in [9.17, 15) is 4.79 Å². The van der Waals surface area contributed by atoms with Crippen LogP contribution in [-0.4, -0.2) is 12.5 Å². The van der Waals surface area contributed by atoms with Crippen LogP contribution in [0.4, 0.5) is 5.69 Å². The second-order valence-electron chi connectivity index (χ2n) is 4.58. The average Bonchev–Trinajstić information content (AvgIpc) is 2.99. The molecule has 1 amide bonds. The van der Waals surface area contributed by atoms with Crippen LogP contribution in [-0.2, 0) is 17.8 Å². The van der Waals surface area contributed by atoms with Crippen molar-refractivity contribution in [2.75, 3.05) is 11.9 Å². The van der Waals surface area contributed by atoms with Gasteiger partial charge in [0.05, 0.1) is 12.8 Å². The third kappa shape index (κ3) is 4.46. The zero-order chi connectivity index (χ0) is 14.2. The molecule has 0 fully saturated rings. The highest BCUT2D eigenvalue weighted by Gasteiger charge is 2.02. The van der Waals surface area contributed by atoms with Crippen LogP contribution >= 0.6 is 0 Å². The van der Waals surface area contributed by atoms with E-state index in [1.807, 2.05) is 24.3 Å². The first-order chi connectivity index (χ1) is 9.78. The third-order valence-corrected chi connectivity index (χ3v) is 3.08. The van der Waals surface area contributed by atoms with Gasteiger partial charge < -0.3 is 15.1 Å². The summed E-state index contributed by atoms with van der Waals surface area (Å²) in [4.78, 5) is 11.6. The minimum absolute atomic E-state index is 0.0130. The second kappa shape index (κ2) is 7.38. The van der Waals surface area contributed by atoms with Gasteiger partial charge in [0.15, 0.2) is 0 Å². The van der Waals surface area contributed by atoms with Crippen LogP contribution in [0.25, 0.3) is 0 Å². The van der Waals surface area contributed by atoms with Crippen LogP contribution in [0.15, 0.2) is 47.1 Å². The van der Waals surface area contributed by atoms with Crippen LogP contribution < -0.4 is 10.6 Å². The molecule has 2 aromatic rings. The zero-order valence-corrected chi connectivity index (χ0v) is 11.7. The van der Waals surface area contributed by atoms with Gasteiger partial charge in [0.2, 0.25) is 5.91 Å². The summed E-state index contributed by atoms with van der Waals surface area (Å²) >= 11 is 0. The molecule has 1 aromatic heterocycles. The molecule has 0 bridgehead atoms. The maximum absolute atomic E-state index is 11.6. The van der Waals surface area contributed by atoms with Crippen molar-refractivity contribution in [1.29, 1.82) is 0 Å². The van der Waals surface area contributed by atoms with Crippen molar-refractivity contribution in [3.63, 3.8) is 0 Å². The average molecular weight is 272 g/mol. The Kier molecular flexibility index (Phi) is 5.24. The van der Waals surface area contributed by atoms with E-state index in [0.29, 0.717) is 19.5 Å². The predicted octanol–water partition coefficient (Wildman–Crippen LogP) is 2.96. The molecule has 4 heteroatoms. The van der Waals surface area contributed by atoms with Gasteiger partial charge in [0, 0.05) is 18.7 Å². The fraction of sp³-hybridized carbons (Fsp3) is 0.312. The largest absolute Gasteiger partial charge is 0.467 e. The first kappa shape index (κ1) is 14.2. The van der Waals surface area contributed by atoms with E-state index in [1.165, 1.54) is 5.56 Å². The predicted molar refractivity (Wildman–Crippen MR) is 79.5 cm³/mol. The van der Waals surface area contributed by atoms with Crippen LogP contribution in [0.2, 0.25) is 0 Å². The number of aryl methyl sites for hydroxylation is 1. The van der Waals surface area contributed by atoms with Crippen molar-refractivity contribution in [1.82, 2.24) is 5.32 Å². The molecule has 0 aliphatic rings. The van der Waals surface area contributed by atoms with E-state index in [-0.39, 0.29) is 5.91 Å². The van der Waals surface area contributed by atoms with E-state index in [0.717, 1.165) is 17.9 Å². The highest BCUT2D eigenvalue weighted by molar-refractivity contribution is 5.76. The van der Waals surface area contributed by atoms with Gasteiger partial charge in [-0.1, -0.05) is 19.1 Å². The van der Waals surface area contributed by atoms with Gasteiger partial charge in [-0.25, -0.2) is 0 Å². The van der Waals surface area contributed by atoms with Gasteiger partial charge >= 0.3 is 0 Å². The Morgan fingerprint density at radius 1 is 1.20 bits per heavy atom. The highest BCUT2D eigenvalue weighted by Crippen LogP contribution is 2.09. The first-order valence-electron chi connectivity index (χ1n) is 6.90. The molecule has 0 saturated heterocycles. The lowest BCUT2D eigenvalue weighted by molar-refractivity contribution is -0.121. The van der Waals surface area contributed by atoms with Gasteiger partial charge in [-0.05, 0) is 36.2 Å². The Labute approximate surface area is 119 Å². The van der Waals surface area contributed by atoms with Crippen molar-refractivity contribution in [3.8, 4) is 0 Å². The Morgan fingerprint density at radius 2 is 2.00 bits per heavy atom. The summed E-state index contributed by atoms with van der Waals surface area (Å²) in [6.45, 7) is 3.19. The monoisotopic (exact) mass is 272 g/mol. The first-order valence-corrected chi connectivity index (χ1v) is 6.90. The van der Waals surface area contributed by atoms with E-state index in [2.05, 4.69) is 29.7 Å². The molecular weight excluding hydrogens is 252 g/mol. The van der Waals surface area contributed by atoms with Crippen molar-refractivity contribution >= 4 is 11.6 Å². The van der Waals surface area contributed by atoms with Crippen LogP contribution in [0, 0.1) is 0 Å². The smallest absolute Gasteiger partial charge is 0.222 e. The van der Waals surface area contributed by atoms with Crippen molar-refractivity contribution in [2.45, 2.75) is 26.3 Å². The Morgan fingerprint density at radius 3 is 2.65 bits per heavy atom. The summed E-state index contributed by atoms with van der Waals surface area (Å²) in [5.41, 5.74) is 2.35. The van der Waals surface area contributed by atoms with Crippen molar-refractivity contribution in [3.05, 3.63) is 54.0 Å². The second-order valence-corrected chi connectivity index (χ2v) is 4.58. The molecule has 1 aromatic carbocycles. The Bertz CT molecular complexity index is 518. The molecule has 0 spiro atoms. The Balaban J connectivity index is 1.65. The van der Waals surface area contributed by atoms with Gasteiger partial charge in [0.1, 0.15) is 5.76 Å². The van der Waals surface area contributed by atoms with E-state index >= 15 is 0 Å². The normalized spacial score (nSPS) is 10.2. The summed E-state index contributed by atoms with van der Waals surface area (Å²) < 4.78 is 5.15. The van der Waals surface area contributed by atoms with Gasteiger partial charge in [-0.2, -0.15) is 0 Å². The lowest BCUT2D eigenvalue weighted by Gasteiger charge is -2.07. The molecule has 20 heavy (non-hydrogen) atoms. The molecule has 1 heterocycles. The van der Waals surface area contributed by atoms with Crippen molar-refractivity contribution < 1.29 is 9.21 Å². The molecule has 0 saturated carbocycles. The maximum Gasteiger partial charge on any atom is 0.222 e. The SMILES string of the molecule is CCc1ccc(NCCC(=O)NCc2ccco2)cc1. The minimum Gasteiger partial charge on any atom is -0.467 e. The van der Waals surface area contributed by atoms with E-state index < -0.39 is 0 Å². The number of amides is 1. The molecule has 0 unspecified atom stereocenters. The zero-order valence-electron chi connectivity index (χ0n) is 11.7. The fourth-order valence-corrected chi connectivity index (χ4v) is 1.87. The number of carbonyl (C=O) groups is 1. The molecule has 0 radical (unpaired) electrons. The number of benzene rings is 1. The lowest BCUT2D eigenvalue weighted by Crippen LogP contribution is -2.24. The third-order valence-electron chi connectivity index (χ3n) is 3.08. The van der Waals surface area contributed by atoms with Crippen LogP contribution in [0.3, 0.4) is 0 Å². The van der Waals surface area contributed by atoms with E-state index in [4.69, 9.17) is 4.42 Å². The number of carbonyl (C=O) groups excluding carboxylic acids is 1. The van der Waals surface area contributed by atoms with Crippen LogP contribution in [0.1, 0.15) is 24.7 Å². The fourth-order valence-electron chi connectivity index (χ4n) is 1.87. The van der Waals surface area contributed by atoms with Gasteiger partial charge in [-0.15, -0.1) is 0 Å².